The Morgan fingerprint density at radius 3 is 2.43 bits per heavy atom. The van der Waals surface area contributed by atoms with Crippen molar-refractivity contribution < 1.29 is 9.59 Å². The SMILES string of the molecule is CCC(C)C1NC(=O)C(CC)N(Cc2ccccc2)C1=O. The van der Waals surface area contributed by atoms with E-state index >= 15 is 0 Å². The van der Waals surface area contributed by atoms with Gasteiger partial charge in [-0.3, -0.25) is 9.59 Å². The van der Waals surface area contributed by atoms with Gasteiger partial charge in [-0.2, -0.15) is 0 Å². The summed E-state index contributed by atoms with van der Waals surface area (Å²) < 4.78 is 0. The summed E-state index contributed by atoms with van der Waals surface area (Å²) in [7, 11) is 0. The maximum absolute atomic E-state index is 12.8. The molecule has 114 valence electrons. The third kappa shape index (κ3) is 3.26. The molecule has 2 amide bonds. The van der Waals surface area contributed by atoms with Crippen LogP contribution < -0.4 is 5.32 Å². The first-order valence-electron chi connectivity index (χ1n) is 7.73. The monoisotopic (exact) mass is 288 g/mol. The summed E-state index contributed by atoms with van der Waals surface area (Å²) >= 11 is 0. The molecule has 1 aromatic carbocycles. The second kappa shape index (κ2) is 6.74. The van der Waals surface area contributed by atoms with Crippen LogP contribution in [0.4, 0.5) is 0 Å². The molecule has 3 unspecified atom stereocenters. The number of benzene rings is 1. The molecule has 0 aliphatic carbocycles. The Morgan fingerprint density at radius 2 is 1.86 bits per heavy atom. The molecule has 21 heavy (non-hydrogen) atoms. The van der Waals surface area contributed by atoms with Crippen LogP contribution in [0.2, 0.25) is 0 Å². The first kappa shape index (κ1) is 15.5. The van der Waals surface area contributed by atoms with Gasteiger partial charge in [-0.05, 0) is 17.9 Å². The van der Waals surface area contributed by atoms with Crippen LogP contribution in [0.1, 0.15) is 39.2 Å². The summed E-state index contributed by atoms with van der Waals surface area (Å²) in [6.07, 6.45) is 1.50. The Hall–Kier alpha value is -1.84. The quantitative estimate of drug-likeness (QED) is 0.904. The van der Waals surface area contributed by atoms with Gasteiger partial charge in [-0.15, -0.1) is 0 Å². The molecule has 0 bridgehead atoms. The predicted molar refractivity (Wildman–Crippen MR) is 82.5 cm³/mol. The zero-order valence-corrected chi connectivity index (χ0v) is 13.0. The first-order valence-corrected chi connectivity index (χ1v) is 7.73. The topological polar surface area (TPSA) is 49.4 Å². The van der Waals surface area contributed by atoms with Gasteiger partial charge < -0.3 is 10.2 Å². The van der Waals surface area contributed by atoms with Crippen molar-refractivity contribution in [1.29, 1.82) is 0 Å². The number of hydrogen-bond donors (Lipinski definition) is 1. The van der Waals surface area contributed by atoms with Crippen LogP contribution in [0.3, 0.4) is 0 Å². The molecule has 1 fully saturated rings. The van der Waals surface area contributed by atoms with Crippen molar-refractivity contribution >= 4 is 11.8 Å². The van der Waals surface area contributed by atoms with Gasteiger partial charge in [0.2, 0.25) is 11.8 Å². The third-order valence-corrected chi connectivity index (χ3v) is 4.32. The minimum absolute atomic E-state index is 0.0293. The molecule has 1 aliphatic heterocycles. The molecule has 1 aliphatic rings. The van der Waals surface area contributed by atoms with E-state index in [2.05, 4.69) is 5.32 Å². The Morgan fingerprint density at radius 1 is 1.19 bits per heavy atom. The smallest absolute Gasteiger partial charge is 0.246 e. The fourth-order valence-corrected chi connectivity index (χ4v) is 2.78. The summed E-state index contributed by atoms with van der Waals surface area (Å²) in [5, 5.41) is 2.90. The largest absolute Gasteiger partial charge is 0.342 e. The third-order valence-electron chi connectivity index (χ3n) is 4.32. The van der Waals surface area contributed by atoms with Gasteiger partial charge in [0.15, 0.2) is 0 Å². The standard InChI is InChI=1S/C17H24N2O2/c1-4-12(3)15-17(21)19(14(5-2)16(20)18-15)11-13-9-7-6-8-10-13/h6-10,12,14-15H,4-5,11H2,1-3H3,(H,18,20). The van der Waals surface area contributed by atoms with E-state index in [1.807, 2.05) is 51.1 Å². The van der Waals surface area contributed by atoms with Gasteiger partial charge >= 0.3 is 0 Å². The van der Waals surface area contributed by atoms with Crippen LogP contribution in [-0.4, -0.2) is 28.8 Å². The maximum Gasteiger partial charge on any atom is 0.246 e. The van der Waals surface area contributed by atoms with Crippen molar-refractivity contribution in [3.8, 4) is 0 Å². The normalized spacial score (nSPS) is 23.9. The van der Waals surface area contributed by atoms with Gasteiger partial charge in [0.25, 0.3) is 0 Å². The number of carbonyl (C=O) groups is 2. The number of hydrogen-bond acceptors (Lipinski definition) is 2. The number of amides is 2. The number of piperazine rings is 1. The molecule has 0 saturated carbocycles. The fourth-order valence-electron chi connectivity index (χ4n) is 2.78. The van der Waals surface area contributed by atoms with Crippen molar-refractivity contribution in [3.05, 3.63) is 35.9 Å². The average Bonchev–Trinajstić information content (AvgIpc) is 2.51. The van der Waals surface area contributed by atoms with Crippen LogP contribution in [0, 0.1) is 5.92 Å². The molecular formula is C17H24N2O2. The Bertz CT molecular complexity index is 501. The van der Waals surface area contributed by atoms with Gasteiger partial charge in [-0.25, -0.2) is 0 Å². The number of rotatable bonds is 5. The van der Waals surface area contributed by atoms with Crippen LogP contribution >= 0.6 is 0 Å². The Kier molecular flexibility index (Phi) is 4.99. The van der Waals surface area contributed by atoms with Crippen LogP contribution in [0.25, 0.3) is 0 Å². The minimum atomic E-state index is -0.394. The van der Waals surface area contributed by atoms with E-state index in [1.165, 1.54) is 0 Å². The van der Waals surface area contributed by atoms with Gasteiger partial charge in [-0.1, -0.05) is 57.5 Å². The molecular weight excluding hydrogens is 264 g/mol. The summed E-state index contributed by atoms with van der Waals surface area (Å²) in [5.74, 6) is 0.163. The van der Waals surface area contributed by atoms with Crippen molar-refractivity contribution in [2.45, 2.75) is 52.2 Å². The Labute approximate surface area is 126 Å². The molecule has 0 spiro atoms. The summed E-state index contributed by atoms with van der Waals surface area (Å²) in [5.41, 5.74) is 1.06. The molecule has 1 N–H and O–H groups in total. The highest BCUT2D eigenvalue weighted by Gasteiger charge is 2.41. The second-order valence-corrected chi connectivity index (χ2v) is 5.75. The molecule has 1 aromatic rings. The van der Waals surface area contributed by atoms with Crippen molar-refractivity contribution in [2.24, 2.45) is 5.92 Å². The van der Waals surface area contributed by atoms with Crippen molar-refractivity contribution in [3.63, 3.8) is 0 Å². The van der Waals surface area contributed by atoms with E-state index in [4.69, 9.17) is 0 Å². The zero-order valence-electron chi connectivity index (χ0n) is 13.0. The summed E-state index contributed by atoms with van der Waals surface area (Å²) in [6, 6.07) is 9.09. The summed E-state index contributed by atoms with van der Waals surface area (Å²) in [6.45, 7) is 6.49. The first-order chi connectivity index (χ1) is 10.1. The van der Waals surface area contributed by atoms with Gasteiger partial charge in [0.05, 0.1) is 0 Å². The molecule has 4 nitrogen and oxygen atoms in total. The van der Waals surface area contributed by atoms with Gasteiger partial charge in [0, 0.05) is 6.54 Å². The molecule has 4 heteroatoms. The van der Waals surface area contributed by atoms with E-state index in [0.29, 0.717) is 13.0 Å². The molecule has 0 aromatic heterocycles. The lowest BCUT2D eigenvalue weighted by atomic mass is 9.93. The van der Waals surface area contributed by atoms with E-state index in [-0.39, 0.29) is 23.8 Å². The number of carbonyl (C=O) groups excluding carboxylic acids is 2. The van der Waals surface area contributed by atoms with Crippen molar-refractivity contribution in [2.75, 3.05) is 0 Å². The maximum atomic E-state index is 12.8. The van der Waals surface area contributed by atoms with Crippen LogP contribution in [0.15, 0.2) is 30.3 Å². The minimum Gasteiger partial charge on any atom is -0.342 e. The molecule has 3 atom stereocenters. The van der Waals surface area contributed by atoms with Crippen molar-refractivity contribution in [1.82, 2.24) is 10.2 Å². The van der Waals surface area contributed by atoms with E-state index < -0.39 is 6.04 Å². The lowest BCUT2D eigenvalue weighted by Gasteiger charge is -2.40. The number of nitrogens with one attached hydrogen (secondary N) is 1. The average molecular weight is 288 g/mol. The van der Waals surface area contributed by atoms with Crippen LogP contribution in [-0.2, 0) is 16.1 Å². The van der Waals surface area contributed by atoms with E-state index in [0.717, 1.165) is 12.0 Å². The second-order valence-electron chi connectivity index (χ2n) is 5.75. The fraction of sp³-hybridized carbons (Fsp3) is 0.529. The van der Waals surface area contributed by atoms with Gasteiger partial charge in [0.1, 0.15) is 12.1 Å². The molecule has 2 rings (SSSR count). The Balaban J connectivity index is 2.24. The highest BCUT2D eigenvalue weighted by Crippen LogP contribution is 2.21. The highest BCUT2D eigenvalue weighted by molar-refractivity contribution is 5.97. The number of nitrogens with zero attached hydrogens (tertiary/aromatic N) is 1. The molecule has 0 radical (unpaired) electrons. The predicted octanol–water partition coefficient (Wildman–Crippen LogP) is 2.34. The van der Waals surface area contributed by atoms with E-state index in [1.54, 1.807) is 4.90 Å². The lowest BCUT2D eigenvalue weighted by Crippen LogP contribution is -2.64. The van der Waals surface area contributed by atoms with Crippen LogP contribution in [0.5, 0.6) is 0 Å². The summed E-state index contributed by atoms with van der Waals surface area (Å²) in [4.78, 5) is 26.8. The molecule has 1 heterocycles. The highest BCUT2D eigenvalue weighted by atomic mass is 16.2. The lowest BCUT2D eigenvalue weighted by molar-refractivity contribution is -0.151. The molecule has 1 saturated heterocycles. The zero-order chi connectivity index (χ0) is 15.4. The van der Waals surface area contributed by atoms with E-state index in [9.17, 15) is 9.59 Å².